The molecular weight excluding hydrogens is 310 g/mol. The smallest absolute Gasteiger partial charge is 0.323 e. The van der Waals surface area contributed by atoms with E-state index in [0.717, 1.165) is 17.9 Å². The average Bonchev–Trinajstić information content (AvgIpc) is 3.28. The van der Waals surface area contributed by atoms with E-state index in [1.807, 2.05) is 12.1 Å². The predicted octanol–water partition coefficient (Wildman–Crippen LogP) is 1.74. The van der Waals surface area contributed by atoms with E-state index in [1.165, 1.54) is 0 Å². The standard InChI is InChI=1S/C15H17N7O2/c1-10-8-13(20-24-10)18-15(23)21-6-4-11(9-21)17-12-2-3-14-16-5-7-22(14)19-12/h2-3,5,7-8,11H,4,6,9H2,1H3,(H,17,19)(H,18,20,23). The highest BCUT2D eigenvalue weighted by Crippen LogP contribution is 2.16. The van der Waals surface area contributed by atoms with Crippen molar-refractivity contribution in [1.82, 2.24) is 24.7 Å². The van der Waals surface area contributed by atoms with Gasteiger partial charge in [-0.25, -0.2) is 14.3 Å². The molecule has 2 amide bonds. The highest BCUT2D eigenvalue weighted by molar-refractivity contribution is 5.88. The molecule has 1 atom stereocenters. The van der Waals surface area contributed by atoms with E-state index in [9.17, 15) is 4.79 Å². The fourth-order valence-electron chi connectivity index (χ4n) is 2.78. The van der Waals surface area contributed by atoms with Gasteiger partial charge in [-0.2, -0.15) is 0 Å². The number of aromatic nitrogens is 4. The molecule has 9 heteroatoms. The van der Waals surface area contributed by atoms with Gasteiger partial charge in [-0.3, -0.25) is 5.32 Å². The maximum absolute atomic E-state index is 12.2. The normalized spacial score (nSPS) is 17.4. The molecule has 3 aromatic heterocycles. The Hall–Kier alpha value is -3.10. The second-order valence-corrected chi connectivity index (χ2v) is 5.78. The number of urea groups is 1. The number of carbonyl (C=O) groups is 1. The Bertz CT molecular complexity index is 871. The minimum atomic E-state index is -0.175. The Morgan fingerprint density at radius 2 is 2.29 bits per heavy atom. The first kappa shape index (κ1) is 14.5. The lowest BCUT2D eigenvalue weighted by Gasteiger charge is -2.17. The zero-order chi connectivity index (χ0) is 16.5. The van der Waals surface area contributed by atoms with Gasteiger partial charge in [0.15, 0.2) is 11.5 Å². The summed E-state index contributed by atoms with van der Waals surface area (Å²) in [4.78, 5) is 18.2. The molecule has 9 nitrogen and oxygen atoms in total. The fourth-order valence-corrected chi connectivity index (χ4v) is 2.78. The number of nitrogens with one attached hydrogen (secondary N) is 2. The molecule has 0 bridgehead atoms. The van der Waals surface area contributed by atoms with Gasteiger partial charge in [0.25, 0.3) is 0 Å². The van der Waals surface area contributed by atoms with Gasteiger partial charge in [0.2, 0.25) is 0 Å². The van der Waals surface area contributed by atoms with E-state index >= 15 is 0 Å². The topological polar surface area (TPSA) is 101 Å². The van der Waals surface area contributed by atoms with Gasteiger partial charge in [-0.15, -0.1) is 5.10 Å². The van der Waals surface area contributed by atoms with Gasteiger partial charge in [0.1, 0.15) is 11.6 Å². The summed E-state index contributed by atoms with van der Waals surface area (Å²) in [5.41, 5.74) is 0.802. The van der Waals surface area contributed by atoms with Crippen molar-refractivity contribution in [3.05, 3.63) is 36.4 Å². The summed E-state index contributed by atoms with van der Waals surface area (Å²) in [5.74, 6) is 1.85. The van der Waals surface area contributed by atoms with Crippen molar-refractivity contribution in [3.8, 4) is 0 Å². The van der Waals surface area contributed by atoms with Crippen LogP contribution in [0.5, 0.6) is 0 Å². The van der Waals surface area contributed by atoms with Crippen molar-refractivity contribution in [1.29, 1.82) is 0 Å². The fraction of sp³-hybridized carbons (Fsp3) is 0.333. The largest absolute Gasteiger partial charge is 0.364 e. The molecule has 1 fully saturated rings. The molecule has 1 aliphatic rings. The molecule has 1 unspecified atom stereocenters. The maximum atomic E-state index is 12.2. The summed E-state index contributed by atoms with van der Waals surface area (Å²) in [6.07, 6.45) is 4.36. The zero-order valence-corrected chi connectivity index (χ0v) is 13.1. The zero-order valence-electron chi connectivity index (χ0n) is 13.1. The first-order chi connectivity index (χ1) is 11.7. The van der Waals surface area contributed by atoms with Crippen molar-refractivity contribution in [2.45, 2.75) is 19.4 Å². The predicted molar refractivity (Wildman–Crippen MR) is 86.8 cm³/mol. The molecule has 4 heterocycles. The Labute approximate surface area is 137 Å². The van der Waals surface area contributed by atoms with Crippen LogP contribution in [-0.4, -0.2) is 49.8 Å². The van der Waals surface area contributed by atoms with Crippen molar-refractivity contribution < 1.29 is 9.32 Å². The summed E-state index contributed by atoms with van der Waals surface area (Å²) in [6, 6.07) is 5.47. The minimum Gasteiger partial charge on any atom is -0.364 e. The number of aryl methyl sites for hydroxylation is 1. The average molecular weight is 327 g/mol. The van der Waals surface area contributed by atoms with E-state index in [2.05, 4.69) is 25.9 Å². The van der Waals surface area contributed by atoms with Gasteiger partial charge in [0, 0.05) is 37.6 Å². The molecule has 1 aliphatic heterocycles. The third-order valence-corrected chi connectivity index (χ3v) is 3.95. The molecule has 124 valence electrons. The lowest BCUT2D eigenvalue weighted by atomic mass is 10.2. The SMILES string of the molecule is Cc1cc(NC(=O)N2CCC(Nc3ccc4nccn4n3)C2)no1. The molecule has 0 radical (unpaired) electrons. The summed E-state index contributed by atoms with van der Waals surface area (Å²) >= 11 is 0. The highest BCUT2D eigenvalue weighted by atomic mass is 16.5. The Morgan fingerprint density at radius 3 is 3.12 bits per heavy atom. The molecule has 2 N–H and O–H groups in total. The molecular formula is C15H17N7O2. The van der Waals surface area contributed by atoms with Crippen LogP contribution < -0.4 is 10.6 Å². The van der Waals surface area contributed by atoms with E-state index in [1.54, 1.807) is 34.8 Å². The third-order valence-electron chi connectivity index (χ3n) is 3.95. The highest BCUT2D eigenvalue weighted by Gasteiger charge is 2.27. The number of likely N-dealkylation sites (tertiary alicyclic amines) is 1. The number of amides is 2. The second-order valence-electron chi connectivity index (χ2n) is 5.78. The number of hydrogen-bond donors (Lipinski definition) is 2. The maximum Gasteiger partial charge on any atom is 0.323 e. The van der Waals surface area contributed by atoms with Crippen LogP contribution in [0.4, 0.5) is 16.4 Å². The lowest BCUT2D eigenvalue weighted by molar-refractivity contribution is 0.222. The summed E-state index contributed by atoms with van der Waals surface area (Å²) in [6.45, 7) is 3.06. The quantitative estimate of drug-likeness (QED) is 0.760. The van der Waals surface area contributed by atoms with Gasteiger partial charge >= 0.3 is 6.03 Å². The number of imidazole rings is 1. The number of nitrogens with zero attached hydrogens (tertiary/aromatic N) is 5. The number of carbonyl (C=O) groups excluding carboxylic acids is 1. The third kappa shape index (κ3) is 2.87. The first-order valence-corrected chi connectivity index (χ1v) is 7.73. The molecule has 0 spiro atoms. The van der Waals surface area contributed by atoms with Crippen LogP contribution in [0.15, 0.2) is 35.1 Å². The summed E-state index contributed by atoms with van der Waals surface area (Å²) < 4.78 is 6.66. The molecule has 0 aliphatic carbocycles. The molecule has 0 saturated carbocycles. The van der Waals surface area contributed by atoms with E-state index in [-0.39, 0.29) is 12.1 Å². The van der Waals surface area contributed by atoms with Gasteiger partial charge in [-0.1, -0.05) is 5.16 Å². The Kier molecular flexibility index (Phi) is 3.52. The van der Waals surface area contributed by atoms with E-state index in [0.29, 0.717) is 24.7 Å². The molecule has 4 rings (SSSR count). The van der Waals surface area contributed by atoms with Crippen molar-refractivity contribution in [2.24, 2.45) is 0 Å². The molecule has 0 aromatic carbocycles. The van der Waals surface area contributed by atoms with Gasteiger partial charge in [0.05, 0.1) is 0 Å². The van der Waals surface area contributed by atoms with Crippen LogP contribution in [0, 0.1) is 6.92 Å². The van der Waals surface area contributed by atoms with Crippen LogP contribution in [0.2, 0.25) is 0 Å². The van der Waals surface area contributed by atoms with Crippen LogP contribution in [0.1, 0.15) is 12.2 Å². The lowest BCUT2D eigenvalue weighted by Crippen LogP contribution is -2.35. The molecule has 24 heavy (non-hydrogen) atoms. The van der Waals surface area contributed by atoms with Crippen LogP contribution in [0.3, 0.4) is 0 Å². The first-order valence-electron chi connectivity index (χ1n) is 7.73. The number of hydrogen-bond acceptors (Lipinski definition) is 6. The van der Waals surface area contributed by atoms with E-state index in [4.69, 9.17) is 4.52 Å². The summed E-state index contributed by atoms with van der Waals surface area (Å²) in [7, 11) is 0. The number of fused-ring (bicyclic) bond motifs is 1. The van der Waals surface area contributed by atoms with Crippen LogP contribution in [-0.2, 0) is 0 Å². The Balaban J connectivity index is 1.36. The van der Waals surface area contributed by atoms with E-state index < -0.39 is 0 Å². The van der Waals surface area contributed by atoms with Crippen LogP contribution in [0.25, 0.3) is 5.65 Å². The monoisotopic (exact) mass is 327 g/mol. The molecule has 1 saturated heterocycles. The summed E-state index contributed by atoms with van der Waals surface area (Å²) in [5, 5.41) is 14.3. The number of rotatable bonds is 3. The van der Waals surface area contributed by atoms with Crippen LogP contribution >= 0.6 is 0 Å². The molecule has 3 aromatic rings. The Morgan fingerprint density at radius 1 is 1.38 bits per heavy atom. The second kappa shape index (κ2) is 5.84. The van der Waals surface area contributed by atoms with Crippen molar-refractivity contribution in [2.75, 3.05) is 23.7 Å². The van der Waals surface area contributed by atoms with Crippen molar-refractivity contribution >= 4 is 23.3 Å². The minimum absolute atomic E-state index is 0.156. The van der Waals surface area contributed by atoms with Gasteiger partial charge < -0.3 is 14.7 Å². The van der Waals surface area contributed by atoms with Crippen molar-refractivity contribution in [3.63, 3.8) is 0 Å². The van der Waals surface area contributed by atoms with Gasteiger partial charge in [-0.05, 0) is 25.5 Å². The number of anilines is 2.